The zero-order valence-corrected chi connectivity index (χ0v) is 19.6. The first kappa shape index (κ1) is 25.4. The number of carbonyl (C=O) groups excluding carboxylic acids is 4. The molecular formula is C25H25ClFNO6. The molecule has 3 rings (SSSR count). The molecule has 7 nitrogen and oxygen atoms in total. The predicted octanol–water partition coefficient (Wildman–Crippen LogP) is 4.17. The van der Waals surface area contributed by atoms with Gasteiger partial charge in [0.15, 0.2) is 6.10 Å². The SMILES string of the molecule is CC(C)OC(=O)c1ccc(N2C[C@H](C(=O)O[C@H](CCCl)C(=O)c3ccc(F)cc3)CC2=O)cc1. The molecule has 0 radical (unpaired) electrons. The van der Waals surface area contributed by atoms with Gasteiger partial charge in [0, 0.05) is 36.5 Å². The van der Waals surface area contributed by atoms with Crippen molar-refractivity contribution in [2.75, 3.05) is 17.3 Å². The second kappa shape index (κ2) is 11.2. The largest absolute Gasteiger partial charge is 0.459 e. The summed E-state index contributed by atoms with van der Waals surface area (Å²) in [5, 5.41) is 0. The minimum atomic E-state index is -1.13. The Morgan fingerprint density at radius 3 is 2.24 bits per heavy atom. The molecule has 1 saturated heterocycles. The van der Waals surface area contributed by atoms with E-state index in [0.29, 0.717) is 11.3 Å². The summed E-state index contributed by atoms with van der Waals surface area (Å²) in [4.78, 5) is 51.5. The lowest BCUT2D eigenvalue weighted by Gasteiger charge is -2.19. The number of amides is 1. The Labute approximate surface area is 201 Å². The zero-order valence-electron chi connectivity index (χ0n) is 18.8. The predicted molar refractivity (Wildman–Crippen MR) is 123 cm³/mol. The van der Waals surface area contributed by atoms with Gasteiger partial charge in [-0.05, 0) is 62.4 Å². The third-order valence-corrected chi connectivity index (χ3v) is 5.48. The Morgan fingerprint density at radius 1 is 1.03 bits per heavy atom. The molecule has 1 aliphatic rings. The first-order chi connectivity index (χ1) is 16.2. The highest BCUT2D eigenvalue weighted by Crippen LogP contribution is 2.27. The van der Waals surface area contributed by atoms with E-state index in [0.717, 1.165) is 12.1 Å². The highest BCUT2D eigenvalue weighted by atomic mass is 35.5. The number of nitrogens with zero attached hydrogens (tertiary/aromatic N) is 1. The number of Topliss-reactive ketones (excluding diaryl/α,β-unsaturated/α-hetero) is 1. The van der Waals surface area contributed by atoms with Crippen LogP contribution in [0, 0.1) is 11.7 Å². The normalized spacial score (nSPS) is 16.4. The van der Waals surface area contributed by atoms with Crippen molar-refractivity contribution in [1.29, 1.82) is 0 Å². The van der Waals surface area contributed by atoms with Crippen LogP contribution in [0.25, 0.3) is 0 Å². The number of rotatable bonds is 9. The van der Waals surface area contributed by atoms with Crippen LogP contribution in [0.15, 0.2) is 48.5 Å². The number of ketones is 1. The van der Waals surface area contributed by atoms with Crippen molar-refractivity contribution in [1.82, 2.24) is 0 Å². The second-order valence-electron chi connectivity index (χ2n) is 8.18. The van der Waals surface area contributed by atoms with E-state index in [9.17, 15) is 23.6 Å². The lowest BCUT2D eigenvalue weighted by atomic mass is 10.0. The van der Waals surface area contributed by atoms with Crippen LogP contribution in [0.2, 0.25) is 0 Å². The van der Waals surface area contributed by atoms with Gasteiger partial charge in [-0.15, -0.1) is 11.6 Å². The van der Waals surface area contributed by atoms with Gasteiger partial charge in [0.1, 0.15) is 5.82 Å². The van der Waals surface area contributed by atoms with Crippen molar-refractivity contribution in [2.45, 2.75) is 38.9 Å². The summed E-state index contributed by atoms with van der Waals surface area (Å²) in [6.45, 7) is 3.57. The van der Waals surface area contributed by atoms with E-state index in [4.69, 9.17) is 21.1 Å². The maximum atomic E-state index is 13.2. The molecule has 0 unspecified atom stereocenters. The van der Waals surface area contributed by atoms with Crippen LogP contribution in [0.5, 0.6) is 0 Å². The fourth-order valence-corrected chi connectivity index (χ4v) is 3.75. The summed E-state index contributed by atoms with van der Waals surface area (Å²) in [5.41, 5.74) is 1.08. The van der Waals surface area contributed by atoms with E-state index >= 15 is 0 Å². The number of alkyl halides is 1. The van der Waals surface area contributed by atoms with Crippen LogP contribution in [0.1, 0.15) is 47.4 Å². The fraction of sp³-hybridized carbons (Fsp3) is 0.360. The smallest absolute Gasteiger partial charge is 0.338 e. The molecule has 1 fully saturated rings. The molecule has 1 amide bonds. The van der Waals surface area contributed by atoms with Crippen LogP contribution >= 0.6 is 11.6 Å². The molecule has 2 aromatic carbocycles. The molecule has 180 valence electrons. The van der Waals surface area contributed by atoms with Crippen LogP contribution in [-0.2, 0) is 19.1 Å². The Hall–Kier alpha value is -3.26. The monoisotopic (exact) mass is 489 g/mol. The molecule has 0 N–H and O–H groups in total. The number of hydrogen-bond acceptors (Lipinski definition) is 6. The van der Waals surface area contributed by atoms with Gasteiger partial charge >= 0.3 is 11.9 Å². The van der Waals surface area contributed by atoms with Gasteiger partial charge in [0.2, 0.25) is 11.7 Å². The first-order valence-electron chi connectivity index (χ1n) is 10.9. The van der Waals surface area contributed by atoms with Crippen molar-refractivity contribution in [3.63, 3.8) is 0 Å². The standard InChI is InChI=1S/C25H25ClFNO6/c1-15(2)33-24(31)17-5-9-20(10-6-17)28-14-18(13-22(28)29)25(32)34-21(11-12-26)23(30)16-3-7-19(27)8-4-16/h3-10,15,18,21H,11-14H2,1-2H3/t18-,21-/m1/s1. The maximum absolute atomic E-state index is 13.2. The summed E-state index contributed by atoms with van der Waals surface area (Å²) in [6.07, 6.45) is -1.38. The summed E-state index contributed by atoms with van der Waals surface area (Å²) in [7, 11) is 0. The van der Waals surface area contributed by atoms with Crippen molar-refractivity contribution in [3.05, 3.63) is 65.5 Å². The fourth-order valence-electron chi connectivity index (χ4n) is 3.55. The Morgan fingerprint density at radius 2 is 1.65 bits per heavy atom. The van der Waals surface area contributed by atoms with Gasteiger partial charge in [-0.25, -0.2) is 9.18 Å². The van der Waals surface area contributed by atoms with Crippen LogP contribution in [0.4, 0.5) is 10.1 Å². The molecule has 0 aliphatic carbocycles. The Bertz CT molecular complexity index is 1050. The summed E-state index contributed by atoms with van der Waals surface area (Å²) < 4.78 is 23.7. The topological polar surface area (TPSA) is 90.0 Å². The molecule has 9 heteroatoms. The van der Waals surface area contributed by atoms with Gasteiger partial charge < -0.3 is 14.4 Å². The molecule has 0 bridgehead atoms. The molecule has 2 atom stereocenters. The minimum Gasteiger partial charge on any atom is -0.459 e. The molecule has 1 heterocycles. The van der Waals surface area contributed by atoms with E-state index in [1.54, 1.807) is 38.1 Å². The Kier molecular flexibility index (Phi) is 8.39. The zero-order chi connectivity index (χ0) is 24.8. The molecule has 2 aromatic rings. The van der Waals surface area contributed by atoms with E-state index < -0.39 is 35.6 Å². The average Bonchev–Trinajstić information content (AvgIpc) is 3.20. The average molecular weight is 490 g/mol. The van der Waals surface area contributed by atoms with Gasteiger partial charge in [-0.1, -0.05) is 0 Å². The van der Waals surface area contributed by atoms with E-state index in [1.807, 2.05) is 0 Å². The molecule has 34 heavy (non-hydrogen) atoms. The van der Waals surface area contributed by atoms with E-state index in [2.05, 4.69) is 0 Å². The van der Waals surface area contributed by atoms with Crippen molar-refractivity contribution < 1.29 is 33.0 Å². The lowest BCUT2D eigenvalue weighted by molar-refractivity contribution is -0.151. The summed E-state index contributed by atoms with van der Waals surface area (Å²) >= 11 is 5.79. The Balaban J connectivity index is 1.65. The number of halogens is 2. The van der Waals surface area contributed by atoms with Crippen LogP contribution in [-0.4, -0.2) is 48.3 Å². The van der Waals surface area contributed by atoms with Crippen LogP contribution < -0.4 is 4.90 Å². The van der Waals surface area contributed by atoms with Crippen LogP contribution in [0.3, 0.4) is 0 Å². The number of ether oxygens (including phenoxy) is 2. The third kappa shape index (κ3) is 6.20. The number of anilines is 1. The first-order valence-corrected chi connectivity index (χ1v) is 11.4. The number of hydrogen-bond donors (Lipinski definition) is 0. The molecule has 0 aromatic heterocycles. The quantitative estimate of drug-likeness (QED) is 0.298. The number of benzene rings is 2. The maximum Gasteiger partial charge on any atom is 0.338 e. The van der Waals surface area contributed by atoms with Crippen molar-refractivity contribution in [2.24, 2.45) is 5.92 Å². The van der Waals surface area contributed by atoms with Gasteiger partial charge in [-0.2, -0.15) is 0 Å². The van der Waals surface area contributed by atoms with E-state index in [1.165, 1.54) is 17.0 Å². The van der Waals surface area contributed by atoms with E-state index in [-0.39, 0.29) is 42.8 Å². The van der Waals surface area contributed by atoms with Crippen molar-refractivity contribution >= 4 is 40.9 Å². The molecule has 0 spiro atoms. The molecule has 0 saturated carbocycles. The lowest BCUT2D eigenvalue weighted by Crippen LogP contribution is -2.32. The highest BCUT2D eigenvalue weighted by Gasteiger charge is 2.38. The third-order valence-electron chi connectivity index (χ3n) is 5.27. The molecular weight excluding hydrogens is 465 g/mol. The summed E-state index contributed by atoms with van der Waals surface area (Å²) in [6, 6.07) is 11.2. The van der Waals surface area contributed by atoms with Gasteiger partial charge in [-0.3, -0.25) is 14.4 Å². The molecule has 1 aliphatic heterocycles. The highest BCUT2D eigenvalue weighted by molar-refractivity contribution is 6.18. The number of carbonyl (C=O) groups is 4. The minimum absolute atomic E-state index is 0.0751. The number of esters is 2. The van der Waals surface area contributed by atoms with Gasteiger partial charge in [0.05, 0.1) is 17.6 Å². The van der Waals surface area contributed by atoms with Crippen molar-refractivity contribution in [3.8, 4) is 0 Å². The summed E-state index contributed by atoms with van der Waals surface area (Å²) in [5.74, 6) is -3.09. The van der Waals surface area contributed by atoms with Gasteiger partial charge in [0.25, 0.3) is 0 Å². The second-order valence-corrected chi connectivity index (χ2v) is 8.56.